The van der Waals surface area contributed by atoms with Gasteiger partial charge in [-0.3, -0.25) is 0 Å². The SMILES string of the molecule is CCNC(=NCc1cccc(S(=O)(=O)N2CCCCC2)c1)NCc1ccco1.I. The molecule has 3 rings (SSSR count). The summed E-state index contributed by atoms with van der Waals surface area (Å²) in [4.78, 5) is 4.91. The van der Waals surface area contributed by atoms with Crippen LogP contribution in [0.5, 0.6) is 0 Å². The van der Waals surface area contributed by atoms with Crippen LogP contribution in [0.4, 0.5) is 0 Å². The van der Waals surface area contributed by atoms with E-state index in [2.05, 4.69) is 15.6 Å². The molecule has 1 saturated heterocycles. The number of hydrogen-bond donors (Lipinski definition) is 2. The number of piperidine rings is 1. The third-order valence-electron chi connectivity index (χ3n) is 4.63. The molecule has 1 aromatic heterocycles. The van der Waals surface area contributed by atoms with Gasteiger partial charge in [0.1, 0.15) is 5.76 Å². The molecule has 7 nitrogen and oxygen atoms in total. The molecule has 1 aliphatic heterocycles. The van der Waals surface area contributed by atoms with Crippen LogP contribution in [0.25, 0.3) is 0 Å². The molecule has 0 amide bonds. The second-order valence-corrected chi connectivity index (χ2v) is 8.68. The number of sulfonamides is 1. The molecule has 2 aromatic rings. The molecule has 160 valence electrons. The van der Waals surface area contributed by atoms with Gasteiger partial charge < -0.3 is 15.1 Å². The van der Waals surface area contributed by atoms with E-state index in [1.165, 1.54) is 0 Å². The first-order chi connectivity index (χ1) is 13.6. The fourth-order valence-electron chi connectivity index (χ4n) is 3.15. The van der Waals surface area contributed by atoms with Crippen molar-refractivity contribution in [2.45, 2.75) is 44.2 Å². The van der Waals surface area contributed by atoms with Crippen molar-refractivity contribution < 1.29 is 12.8 Å². The molecule has 0 bridgehead atoms. The van der Waals surface area contributed by atoms with Crippen LogP contribution in [-0.2, 0) is 23.1 Å². The molecule has 0 unspecified atom stereocenters. The minimum absolute atomic E-state index is 0. The van der Waals surface area contributed by atoms with Gasteiger partial charge in [-0.05, 0) is 49.6 Å². The number of furan rings is 1. The van der Waals surface area contributed by atoms with Crippen LogP contribution in [0.2, 0.25) is 0 Å². The standard InChI is InChI=1S/C20H28N4O3S.HI/c1-2-21-20(23-16-18-9-7-13-27-18)22-15-17-8-6-10-19(14-17)28(25,26)24-11-4-3-5-12-24;/h6-10,13-14H,2-5,11-12,15-16H2,1H3,(H2,21,22,23);1H. The lowest BCUT2D eigenvalue weighted by Crippen LogP contribution is -2.36. The zero-order valence-corrected chi connectivity index (χ0v) is 19.8. The summed E-state index contributed by atoms with van der Waals surface area (Å²) in [5.41, 5.74) is 0.855. The van der Waals surface area contributed by atoms with E-state index in [1.807, 2.05) is 25.1 Å². The number of guanidine groups is 1. The fraction of sp³-hybridized carbons (Fsp3) is 0.450. The minimum atomic E-state index is -3.43. The highest BCUT2D eigenvalue weighted by atomic mass is 127. The number of benzene rings is 1. The Hall–Kier alpha value is -1.59. The van der Waals surface area contributed by atoms with Gasteiger partial charge in [-0.15, -0.1) is 24.0 Å². The number of nitrogens with zero attached hydrogens (tertiary/aromatic N) is 2. The van der Waals surface area contributed by atoms with Crippen molar-refractivity contribution in [3.63, 3.8) is 0 Å². The molecule has 2 heterocycles. The van der Waals surface area contributed by atoms with Crippen molar-refractivity contribution in [2.24, 2.45) is 4.99 Å². The Morgan fingerprint density at radius 2 is 1.93 bits per heavy atom. The summed E-state index contributed by atoms with van der Waals surface area (Å²) >= 11 is 0. The summed E-state index contributed by atoms with van der Waals surface area (Å²) in [6, 6.07) is 10.8. The van der Waals surface area contributed by atoms with Crippen LogP contribution in [0.3, 0.4) is 0 Å². The van der Waals surface area contributed by atoms with Gasteiger partial charge in [-0.25, -0.2) is 13.4 Å². The van der Waals surface area contributed by atoms with Crippen molar-refractivity contribution in [3.05, 3.63) is 54.0 Å². The van der Waals surface area contributed by atoms with Gasteiger partial charge in [0.25, 0.3) is 0 Å². The molecule has 0 atom stereocenters. The van der Waals surface area contributed by atoms with Gasteiger partial charge >= 0.3 is 0 Å². The highest BCUT2D eigenvalue weighted by Gasteiger charge is 2.25. The van der Waals surface area contributed by atoms with Gasteiger partial charge in [0.05, 0.1) is 24.2 Å². The summed E-state index contributed by atoms with van der Waals surface area (Å²) in [6.07, 6.45) is 4.58. The van der Waals surface area contributed by atoms with E-state index in [-0.39, 0.29) is 24.0 Å². The molecule has 0 saturated carbocycles. The number of rotatable bonds is 7. The van der Waals surface area contributed by atoms with Gasteiger partial charge in [0.15, 0.2) is 5.96 Å². The molecule has 2 N–H and O–H groups in total. The molecular weight excluding hydrogens is 503 g/mol. The zero-order valence-electron chi connectivity index (χ0n) is 16.6. The van der Waals surface area contributed by atoms with E-state index in [0.29, 0.717) is 37.0 Å². The van der Waals surface area contributed by atoms with E-state index in [0.717, 1.165) is 37.1 Å². The average molecular weight is 532 g/mol. The second kappa shape index (κ2) is 11.6. The van der Waals surface area contributed by atoms with E-state index in [4.69, 9.17) is 4.42 Å². The van der Waals surface area contributed by atoms with E-state index < -0.39 is 10.0 Å². The molecule has 0 spiro atoms. The summed E-state index contributed by atoms with van der Waals surface area (Å²) in [5.74, 6) is 1.48. The van der Waals surface area contributed by atoms with Crippen molar-refractivity contribution in [1.82, 2.24) is 14.9 Å². The molecule has 1 aromatic carbocycles. The second-order valence-electron chi connectivity index (χ2n) is 6.74. The Bertz CT molecular complexity index is 879. The molecule has 9 heteroatoms. The van der Waals surface area contributed by atoms with Gasteiger partial charge in [0, 0.05) is 19.6 Å². The first kappa shape index (κ1) is 23.7. The van der Waals surface area contributed by atoms with Crippen molar-refractivity contribution in [2.75, 3.05) is 19.6 Å². The van der Waals surface area contributed by atoms with Crippen LogP contribution in [0.1, 0.15) is 37.5 Å². The molecule has 1 fully saturated rings. The molecule has 1 aliphatic rings. The van der Waals surface area contributed by atoms with Crippen LogP contribution in [-0.4, -0.2) is 38.3 Å². The summed E-state index contributed by atoms with van der Waals surface area (Å²) in [6.45, 7) is 4.85. The Morgan fingerprint density at radius 1 is 1.14 bits per heavy atom. The third kappa shape index (κ3) is 6.71. The Morgan fingerprint density at radius 3 is 2.62 bits per heavy atom. The maximum absolute atomic E-state index is 12.9. The molecular formula is C20H29IN4O3S. The number of halogens is 1. The quantitative estimate of drug-likeness (QED) is 0.325. The first-order valence-electron chi connectivity index (χ1n) is 9.73. The zero-order chi connectivity index (χ0) is 19.8. The Labute approximate surface area is 190 Å². The highest BCUT2D eigenvalue weighted by Crippen LogP contribution is 2.21. The van der Waals surface area contributed by atoms with Crippen LogP contribution < -0.4 is 10.6 Å². The lowest BCUT2D eigenvalue weighted by molar-refractivity contribution is 0.346. The van der Waals surface area contributed by atoms with Gasteiger partial charge in [0.2, 0.25) is 10.0 Å². The van der Waals surface area contributed by atoms with Crippen molar-refractivity contribution in [1.29, 1.82) is 0 Å². The van der Waals surface area contributed by atoms with Gasteiger partial charge in [-0.2, -0.15) is 4.31 Å². The first-order valence-corrected chi connectivity index (χ1v) is 11.2. The lowest BCUT2D eigenvalue weighted by atomic mass is 10.2. The summed E-state index contributed by atoms with van der Waals surface area (Å²) in [5, 5.41) is 6.39. The van der Waals surface area contributed by atoms with Crippen LogP contribution in [0.15, 0.2) is 57.0 Å². The normalized spacial score (nSPS) is 15.6. The largest absolute Gasteiger partial charge is 0.467 e. The lowest BCUT2D eigenvalue weighted by Gasteiger charge is -2.26. The van der Waals surface area contributed by atoms with Crippen molar-refractivity contribution >= 4 is 40.0 Å². The predicted molar refractivity (Wildman–Crippen MR) is 125 cm³/mol. The smallest absolute Gasteiger partial charge is 0.243 e. The molecule has 29 heavy (non-hydrogen) atoms. The number of nitrogens with one attached hydrogen (secondary N) is 2. The fourth-order valence-corrected chi connectivity index (χ4v) is 4.74. The topological polar surface area (TPSA) is 86.9 Å². The Kier molecular flexibility index (Phi) is 9.44. The molecule has 0 radical (unpaired) electrons. The summed E-state index contributed by atoms with van der Waals surface area (Å²) < 4.78 is 32.6. The van der Waals surface area contributed by atoms with E-state index >= 15 is 0 Å². The maximum Gasteiger partial charge on any atom is 0.243 e. The third-order valence-corrected chi connectivity index (χ3v) is 6.52. The highest BCUT2D eigenvalue weighted by molar-refractivity contribution is 14.0. The molecule has 0 aliphatic carbocycles. The van der Waals surface area contributed by atoms with Crippen LogP contribution in [0, 0.1) is 0 Å². The Balaban J connectivity index is 0.00000300. The van der Waals surface area contributed by atoms with Gasteiger partial charge in [-0.1, -0.05) is 18.6 Å². The van der Waals surface area contributed by atoms with E-state index in [1.54, 1.807) is 28.8 Å². The minimum Gasteiger partial charge on any atom is -0.467 e. The number of aliphatic imine (C=N–C) groups is 1. The van der Waals surface area contributed by atoms with E-state index in [9.17, 15) is 8.42 Å². The average Bonchev–Trinajstić information content (AvgIpc) is 3.24. The monoisotopic (exact) mass is 532 g/mol. The number of hydrogen-bond acceptors (Lipinski definition) is 4. The predicted octanol–water partition coefficient (Wildman–Crippen LogP) is 3.33. The maximum atomic E-state index is 12.9. The summed E-state index contributed by atoms with van der Waals surface area (Å²) in [7, 11) is -3.43. The van der Waals surface area contributed by atoms with Crippen molar-refractivity contribution in [3.8, 4) is 0 Å². The van der Waals surface area contributed by atoms with Crippen LogP contribution >= 0.6 is 24.0 Å².